The number of amides is 1. The van der Waals surface area contributed by atoms with Gasteiger partial charge in [-0.25, -0.2) is 4.79 Å². The lowest BCUT2D eigenvalue weighted by molar-refractivity contribution is -0.192. The third-order valence-electron chi connectivity index (χ3n) is 5.54. The van der Waals surface area contributed by atoms with Gasteiger partial charge in [-0.15, -0.1) is 0 Å². The standard InChI is InChI=1S/C19H24N4O2.C2HF3O2/c1-21-8-15(7-20-21)9-22-11-16-12-23(19(24)18(16)13-22)10-14-3-5-17(25-2)6-4-14;3-2(4,5)1(6)7/h3-8,16,18H,9-13H2,1-2H3;(H,6,7)/t16-,18-;/m0./s1. The van der Waals surface area contributed by atoms with E-state index in [-0.39, 0.29) is 5.92 Å². The highest BCUT2D eigenvalue weighted by Gasteiger charge is 2.45. The van der Waals surface area contributed by atoms with Crippen LogP contribution in [0.3, 0.4) is 0 Å². The van der Waals surface area contributed by atoms with E-state index in [1.165, 1.54) is 5.56 Å². The van der Waals surface area contributed by atoms with Crippen molar-refractivity contribution in [2.45, 2.75) is 19.3 Å². The van der Waals surface area contributed by atoms with Crippen LogP contribution in [0.25, 0.3) is 0 Å². The normalized spacial score (nSPS) is 20.7. The highest BCUT2D eigenvalue weighted by Crippen LogP contribution is 2.33. The molecule has 2 aromatic rings. The molecule has 174 valence electrons. The van der Waals surface area contributed by atoms with E-state index >= 15 is 0 Å². The third-order valence-corrected chi connectivity index (χ3v) is 5.54. The Morgan fingerprint density at radius 2 is 1.81 bits per heavy atom. The SMILES string of the molecule is COc1ccc(CN2C[C@@H]3CN(Cc4cnn(C)c4)C[C@@H]3C2=O)cc1.O=C(O)C(F)(F)F. The summed E-state index contributed by atoms with van der Waals surface area (Å²) in [6.45, 7) is 4.28. The van der Waals surface area contributed by atoms with Crippen LogP contribution in [0.5, 0.6) is 5.75 Å². The predicted octanol–water partition coefficient (Wildman–Crippen LogP) is 2.15. The molecule has 2 atom stereocenters. The summed E-state index contributed by atoms with van der Waals surface area (Å²) in [6, 6.07) is 7.97. The number of aryl methyl sites for hydroxylation is 1. The molecule has 0 aliphatic carbocycles. The van der Waals surface area contributed by atoms with Crippen molar-refractivity contribution >= 4 is 11.9 Å². The zero-order chi connectivity index (χ0) is 23.5. The summed E-state index contributed by atoms with van der Waals surface area (Å²) in [4.78, 5) is 26.1. The number of aromatic nitrogens is 2. The van der Waals surface area contributed by atoms with Crippen molar-refractivity contribution < 1.29 is 32.6 Å². The number of carboxylic acid groups (broad SMARTS) is 1. The molecule has 2 aliphatic heterocycles. The van der Waals surface area contributed by atoms with Gasteiger partial charge in [0.15, 0.2) is 0 Å². The zero-order valence-electron chi connectivity index (χ0n) is 17.7. The fourth-order valence-corrected chi connectivity index (χ4v) is 4.07. The fourth-order valence-electron chi connectivity index (χ4n) is 4.07. The van der Waals surface area contributed by atoms with Crippen LogP contribution in [0.1, 0.15) is 11.1 Å². The molecule has 0 saturated carbocycles. The van der Waals surface area contributed by atoms with Gasteiger partial charge in [-0.05, 0) is 17.7 Å². The summed E-state index contributed by atoms with van der Waals surface area (Å²) >= 11 is 0. The number of fused-ring (bicyclic) bond motifs is 1. The third kappa shape index (κ3) is 5.78. The van der Waals surface area contributed by atoms with Crippen molar-refractivity contribution in [3.63, 3.8) is 0 Å². The van der Waals surface area contributed by atoms with Crippen molar-refractivity contribution in [2.24, 2.45) is 18.9 Å². The van der Waals surface area contributed by atoms with Crippen LogP contribution in [0.15, 0.2) is 36.7 Å². The number of carboxylic acids is 1. The van der Waals surface area contributed by atoms with Crippen molar-refractivity contribution in [1.29, 1.82) is 0 Å². The minimum atomic E-state index is -5.08. The Kier molecular flexibility index (Phi) is 7.07. The molecule has 0 bridgehead atoms. The van der Waals surface area contributed by atoms with E-state index in [4.69, 9.17) is 14.6 Å². The fraction of sp³-hybridized carbons (Fsp3) is 0.476. The minimum Gasteiger partial charge on any atom is -0.497 e. The first-order chi connectivity index (χ1) is 15.1. The van der Waals surface area contributed by atoms with Gasteiger partial charge in [-0.3, -0.25) is 14.4 Å². The lowest BCUT2D eigenvalue weighted by Crippen LogP contribution is -2.32. The number of methoxy groups -OCH3 is 1. The number of hydrogen-bond donors (Lipinski definition) is 1. The molecule has 1 amide bonds. The molecule has 1 aromatic heterocycles. The molecule has 2 aliphatic rings. The second kappa shape index (κ2) is 9.60. The summed E-state index contributed by atoms with van der Waals surface area (Å²) < 4.78 is 38.8. The topological polar surface area (TPSA) is 87.9 Å². The van der Waals surface area contributed by atoms with Crippen molar-refractivity contribution in [1.82, 2.24) is 19.6 Å². The molecule has 4 rings (SSSR count). The summed E-state index contributed by atoms with van der Waals surface area (Å²) in [5.74, 6) is -1.02. The number of halogens is 3. The Balaban J connectivity index is 0.000000360. The first kappa shape index (κ1) is 23.6. The van der Waals surface area contributed by atoms with E-state index in [0.717, 1.165) is 37.5 Å². The van der Waals surface area contributed by atoms with Crippen molar-refractivity contribution in [3.8, 4) is 5.75 Å². The summed E-state index contributed by atoms with van der Waals surface area (Å²) in [5, 5.41) is 11.3. The average molecular weight is 454 g/mol. The van der Waals surface area contributed by atoms with Crippen LogP contribution >= 0.6 is 0 Å². The van der Waals surface area contributed by atoms with Gasteiger partial charge in [0.2, 0.25) is 5.91 Å². The molecule has 2 saturated heterocycles. The number of hydrogen-bond acceptors (Lipinski definition) is 5. The Bertz CT molecular complexity index is 945. The number of likely N-dealkylation sites (tertiary alicyclic amines) is 2. The Hall–Kier alpha value is -3.08. The first-order valence-corrected chi connectivity index (χ1v) is 9.98. The molecule has 0 radical (unpaired) electrons. The summed E-state index contributed by atoms with van der Waals surface area (Å²) in [6.07, 6.45) is -1.13. The van der Waals surface area contributed by atoms with E-state index in [0.29, 0.717) is 18.4 Å². The second-order valence-corrected chi connectivity index (χ2v) is 7.95. The van der Waals surface area contributed by atoms with Crippen LogP contribution in [0.4, 0.5) is 13.2 Å². The number of rotatable bonds is 5. The van der Waals surface area contributed by atoms with Gasteiger partial charge in [-0.2, -0.15) is 18.3 Å². The number of nitrogens with zero attached hydrogens (tertiary/aromatic N) is 4. The van der Waals surface area contributed by atoms with Gasteiger partial charge in [-0.1, -0.05) is 12.1 Å². The molecule has 0 spiro atoms. The van der Waals surface area contributed by atoms with Gasteiger partial charge < -0.3 is 14.7 Å². The molecule has 11 heteroatoms. The smallest absolute Gasteiger partial charge is 0.490 e. The molecule has 1 N–H and O–H groups in total. The van der Waals surface area contributed by atoms with Gasteiger partial charge in [0.25, 0.3) is 0 Å². The largest absolute Gasteiger partial charge is 0.497 e. The maximum absolute atomic E-state index is 12.8. The van der Waals surface area contributed by atoms with E-state index in [2.05, 4.69) is 10.00 Å². The Morgan fingerprint density at radius 1 is 1.16 bits per heavy atom. The highest BCUT2D eigenvalue weighted by molar-refractivity contribution is 5.82. The van der Waals surface area contributed by atoms with Gasteiger partial charge in [0.05, 0.1) is 19.2 Å². The predicted molar refractivity (Wildman–Crippen MR) is 108 cm³/mol. The van der Waals surface area contributed by atoms with E-state index in [9.17, 15) is 18.0 Å². The highest BCUT2D eigenvalue weighted by atomic mass is 19.4. The monoisotopic (exact) mass is 454 g/mol. The maximum Gasteiger partial charge on any atom is 0.490 e. The second-order valence-electron chi connectivity index (χ2n) is 7.95. The molecule has 1 aromatic carbocycles. The minimum absolute atomic E-state index is 0.148. The molecule has 32 heavy (non-hydrogen) atoms. The van der Waals surface area contributed by atoms with Crippen LogP contribution < -0.4 is 4.74 Å². The number of aliphatic carboxylic acids is 1. The van der Waals surface area contributed by atoms with Crippen LogP contribution in [0, 0.1) is 11.8 Å². The lowest BCUT2D eigenvalue weighted by Gasteiger charge is -2.21. The van der Waals surface area contributed by atoms with Crippen LogP contribution in [-0.2, 0) is 29.7 Å². The number of carbonyl (C=O) groups is 2. The molecular formula is C21H25F3N4O4. The Labute approximate surface area is 183 Å². The number of carbonyl (C=O) groups excluding carboxylic acids is 1. The van der Waals surface area contributed by atoms with E-state index in [1.807, 2.05) is 53.3 Å². The van der Waals surface area contributed by atoms with Crippen LogP contribution in [-0.4, -0.2) is 69.5 Å². The Morgan fingerprint density at radius 3 is 2.31 bits per heavy atom. The average Bonchev–Trinajstić information content (AvgIpc) is 3.39. The van der Waals surface area contributed by atoms with Gasteiger partial charge >= 0.3 is 12.1 Å². The first-order valence-electron chi connectivity index (χ1n) is 9.98. The number of alkyl halides is 3. The number of benzene rings is 1. The van der Waals surface area contributed by atoms with E-state index in [1.54, 1.807) is 7.11 Å². The molecule has 3 heterocycles. The molecule has 8 nitrogen and oxygen atoms in total. The van der Waals surface area contributed by atoms with Gasteiger partial charge in [0, 0.05) is 57.4 Å². The van der Waals surface area contributed by atoms with Gasteiger partial charge in [0.1, 0.15) is 5.75 Å². The lowest BCUT2D eigenvalue weighted by atomic mass is 10.0. The van der Waals surface area contributed by atoms with E-state index < -0.39 is 12.1 Å². The quantitative estimate of drug-likeness (QED) is 0.745. The summed E-state index contributed by atoms with van der Waals surface area (Å²) in [5.41, 5.74) is 2.37. The van der Waals surface area contributed by atoms with Crippen molar-refractivity contribution in [2.75, 3.05) is 26.7 Å². The number of ether oxygens (including phenoxy) is 1. The van der Waals surface area contributed by atoms with Crippen LogP contribution in [0.2, 0.25) is 0 Å². The molecular weight excluding hydrogens is 429 g/mol. The zero-order valence-corrected chi connectivity index (χ0v) is 17.7. The van der Waals surface area contributed by atoms with Crippen molar-refractivity contribution in [3.05, 3.63) is 47.8 Å². The molecule has 0 unspecified atom stereocenters. The maximum atomic E-state index is 12.8. The summed E-state index contributed by atoms with van der Waals surface area (Å²) in [7, 11) is 3.60. The molecule has 2 fully saturated rings.